The van der Waals surface area contributed by atoms with E-state index in [0.717, 1.165) is 30.6 Å². The second-order valence-electron chi connectivity index (χ2n) is 8.08. The van der Waals surface area contributed by atoms with Crippen LogP contribution in [0.1, 0.15) is 98.8 Å². The molecule has 0 aliphatic carbocycles. The zero-order chi connectivity index (χ0) is 17.0. The number of carboxylic acid groups (broad SMARTS) is 1. The van der Waals surface area contributed by atoms with Crippen LogP contribution in [0.5, 0.6) is 0 Å². The van der Waals surface area contributed by atoms with Gasteiger partial charge in [0.05, 0.1) is 0 Å². The van der Waals surface area contributed by atoms with Crippen molar-refractivity contribution < 1.29 is 39.5 Å². The fourth-order valence-electron chi connectivity index (χ4n) is 3.18. The minimum atomic E-state index is -0.910. The van der Waals surface area contributed by atoms with Crippen LogP contribution in [0.2, 0.25) is 0 Å². The Hall–Kier alpha value is 0.470. The Balaban J connectivity index is 0. The molecule has 0 saturated heterocycles. The molecule has 0 spiro atoms. The minimum absolute atomic E-state index is 0. The smallest absolute Gasteiger partial charge is 0.550 e. The maximum absolute atomic E-state index is 10.5. The number of hydrogen-bond acceptors (Lipinski definition) is 2. The van der Waals surface area contributed by atoms with Crippen molar-refractivity contribution in [2.75, 3.05) is 0 Å². The third kappa shape index (κ3) is 18.6. The van der Waals surface area contributed by atoms with Crippen LogP contribution >= 0.6 is 0 Å². The molecule has 0 heterocycles. The van der Waals surface area contributed by atoms with Crippen molar-refractivity contribution in [3.8, 4) is 0 Å². The van der Waals surface area contributed by atoms with E-state index < -0.39 is 5.97 Å². The Kier molecular flexibility index (Phi) is 17.8. The average Bonchev–Trinajstić information content (AvgIpc) is 2.37. The molecule has 0 aromatic carbocycles. The first-order valence-corrected chi connectivity index (χ1v) is 9.51. The molecule has 3 atom stereocenters. The van der Waals surface area contributed by atoms with Gasteiger partial charge in [-0.25, -0.2) is 0 Å². The van der Waals surface area contributed by atoms with Crippen molar-refractivity contribution in [2.45, 2.75) is 98.8 Å². The second-order valence-corrected chi connectivity index (χ2v) is 8.08. The van der Waals surface area contributed by atoms with Crippen LogP contribution in [0.15, 0.2) is 0 Å². The topological polar surface area (TPSA) is 40.1 Å². The Morgan fingerprint density at radius 3 is 1.39 bits per heavy atom. The van der Waals surface area contributed by atoms with E-state index in [0.29, 0.717) is 0 Å². The van der Waals surface area contributed by atoms with Crippen LogP contribution in [-0.2, 0) is 4.79 Å². The van der Waals surface area contributed by atoms with Crippen molar-refractivity contribution in [1.82, 2.24) is 0 Å². The number of carbonyl (C=O) groups excluding carboxylic acids is 1. The molecule has 23 heavy (non-hydrogen) atoms. The zero-order valence-electron chi connectivity index (χ0n) is 16.7. The van der Waals surface area contributed by atoms with Gasteiger partial charge < -0.3 is 9.90 Å². The Morgan fingerprint density at radius 2 is 1.04 bits per heavy atom. The quantitative estimate of drug-likeness (QED) is 0.457. The van der Waals surface area contributed by atoms with Crippen molar-refractivity contribution in [1.29, 1.82) is 0 Å². The molecule has 0 amide bonds. The van der Waals surface area contributed by atoms with Crippen LogP contribution in [0, 0.1) is 23.7 Å². The molecule has 0 unspecified atom stereocenters. The predicted molar refractivity (Wildman–Crippen MR) is 93.5 cm³/mol. The molecule has 0 fully saturated rings. The van der Waals surface area contributed by atoms with Crippen LogP contribution in [0.3, 0.4) is 0 Å². The fraction of sp³-hybridized carbons (Fsp3) is 0.950. The molecule has 0 aliphatic heterocycles. The van der Waals surface area contributed by atoms with Gasteiger partial charge in [-0.05, 0) is 30.1 Å². The van der Waals surface area contributed by atoms with Crippen LogP contribution in [0.25, 0.3) is 0 Å². The SMILES string of the molecule is CC(C)CCC[C@@H](C)CCC[C@@H](C)CCC[C@@H](C)CC(=O)[O-].[Na+]. The summed E-state index contributed by atoms with van der Waals surface area (Å²) >= 11 is 0. The molecular formula is C20H39NaO2. The summed E-state index contributed by atoms with van der Waals surface area (Å²) in [6.45, 7) is 11.4. The molecule has 0 N–H and O–H groups in total. The van der Waals surface area contributed by atoms with E-state index in [2.05, 4.69) is 27.7 Å². The van der Waals surface area contributed by atoms with Gasteiger partial charge >= 0.3 is 29.6 Å². The third-order valence-corrected chi connectivity index (χ3v) is 4.78. The van der Waals surface area contributed by atoms with E-state index in [1.165, 1.54) is 44.9 Å². The largest absolute Gasteiger partial charge is 1.00 e. The summed E-state index contributed by atoms with van der Waals surface area (Å²) in [4.78, 5) is 10.5. The molecule has 132 valence electrons. The van der Waals surface area contributed by atoms with E-state index in [4.69, 9.17) is 0 Å². The van der Waals surface area contributed by atoms with E-state index >= 15 is 0 Å². The van der Waals surface area contributed by atoms with Gasteiger partial charge in [-0.15, -0.1) is 0 Å². The molecule has 0 saturated carbocycles. The van der Waals surface area contributed by atoms with Gasteiger partial charge in [0.15, 0.2) is 0 Å². The average molecular weight is 335 g/mol. The molecule has 0 radical (unpaired) electrons. The first kappa shape index (κ1) is 25.7. The normalized spacial score (nSPS) is 15.0. The van der Waals surface area contributed by atoms with Crippen LogP contribution in [0.4, 0.5) is 0 Å². The maximum atomic E-state index is 10.5. The number of carbonyl (C=O) groups is 1. The number of carboxylic acids is 1. The van der Waals surface area contributed by atoms with E-state index in [1.807, 2.05) is 6.92 Å². The Bertz CT molecular complexity index is 279. The van der Waals surface area contributed by atoms with Gasteiger partial charge in [-0.2, -0.15) is 0 Å². The standard InChI is InChI=1S/C20H40O2.Na/c1-16(2)9-6-10-17(3)11-7-12-18(4)13-8-14-19(5)15-20(21)22;/h16-19H,6-15H2,1-5H3,(H,21,22);/q;+1/p-1/t17-,18-,19-;/m1./s1. The second kappa shape index (κ2) is 16.0. The molecule has 3 heteroatoms. The van der Waals surface area contributed by atoms with Gasteiger partial charge in [0.2, 0.25) is 0 Å². The van der Waals surface area contributed by atoms with Gasteiger partial charge in [-0.1, -0.05) is 92.4 Å². The van der Waals surface area contributed by atoms with Crippen LogP contribution < -0.4 is 34.7 Å². The van der Waals surface area contributed by atoms with E-state index in [1.54, 1.807) is 0 Å². The molecule has 0 aromatic heterocycles. The van der Waals surface area contributed by atoms with E-state index in [-0.39, 0.29) is 41.9 Å². The van der Waals surface area contributed by atoms with Crippen molar-refractivity contribution in [3.05, 3.63) is 0 Å². The number of hydrogen-bond donors (Lipinski definition) is 0. The molecular weight excluding hydrogens is 295 g/mol. The third-order valence-electron chi connectivity index (χ3n) is 4.78. The first-order valence-electron chi connectivity index (χ1n) is 9.51. The summed E-state index contributed by atoms with van der Waals surface area (Å²) < 4.78 is 0. The number of rotatable bonds is 14. The molecule has 2 nitrogen and oxygen atoms in total. The Morgan fingerprint density at radius 1 is 0.696 bits per heavy atom. The summed E-state index contributed by atoms with van der Waals surface area (Å²) in [6.07, 6.45) is 11.8. The summed E-state index contributed by atoms with van der Waals surface area (Å²) in [6, 6.07) is 0. The minimum Gasteiger partial charge on any atom is -0.550 e. The predicted octanol–water partition coefficient (Wildman–Crippen LogP) is 2.21. The van der Waals surface area contributed by atoms with Gasteiger partial charge in [0, 0.05) is 5.97 Å². The summed E-state index contributed by atoms with van der Waals surface area (Å²) in [7, 11) is 0. The summed E-state index contributed by atoms with van der Waals surface area (Å²) in [5.41, 5.74) is 0. The molecule has 0 aromatic rings. The molecule has 0 bridgehead atoms. The zero-order valence-corrected chi connectivity index (χ0v) is 18.7. The van der Waals surface area contributed by atoms with Gasteiger partial charge in [0.1, 0.15) is 0 Å². The summed E-state index contributed by atoms with van der Waals surface area (Å²) in [5, 5.41) is 10.5. The summed E-state index contributed by atoms with van der Waals surface area (Å²) in [5.74, 6) is 1.84. The Labute approximate surface area is 167 Å². The molecule has 0 rings (SSSR count). The maximum Gasteiger partial charge on any atom is 1.00 e. The fourth-order valence-corrected chi connectivity index (χ4v) is 3.18. The number of aliphatic carboxylic acids is 1. The molecule has 0 aliphatic rings. The first-order chi connectivity index (χ1) is 10.3. The van der Waals surface area contributed by atoms with Crippen molar-refractivity contribution in [2.24, 2.45) is 23.7 Å². The van der Waals surface area contributed by atoms with E-state index in [9.17, 15) is 9.90 Å². The van der Waals surface area contributed by atoms with Crippen molar-refractivity contribution in [3.63, 3.8) is 0 Å². The van der Waals surface area contributed by atoms with Crippen LogP contribution in [-0.4, -0.2) is 5.97 Å². The van der Waals surface area contributed by atoms with Gasteiger partial charge in [-0.3, -0.25) is 0 Å². The monoisotopic (exact) mass is 334 g/mol. The van der Waals surface area contributed by atoms with Gasteiger partial charge in [0.25, 0.3) is 0 Å². The van der Waals surface area contributed by atoms with Crippen molar-refractivity contribution >= 4 is 5.97 Å².